The molecule has 0 spiro atoms. The van der Waals surface area contributed by atoms with Crippen molar-refractivity contribution in [1.29, 1.82) is 0 Å². The average Bonchev–Trinajstić information content (AvgIpc) is 3.39. The van der Waals surface area contributed by atoms with E-state index in [4.69, 9.17) is 4.74 Å². The highest BCUT2D eigenvalue weighted by Crippen LogP contribution is 2.36. The number of benzene rings is 2. The number of rotatable bonds is 4. The van der Waals surface area contributed by atoms with Crippen LogP contribution in [0, 0.1) is 13.8 Å². The zero-order valence-corrected chi connectivity index (χ0v) is 19.4. The Hall–Kier alpha value is -3.71. The van der Waals surface area contributed by atoms with Crippen LogP contribution < -0.4 is 5.56 Å². The molecule has 0 saturated carbocycles. The SMILES string of the molecule is CCOC(=O)n1c2ccccc2c2[nH]c(=O)c(C)c(-c3ccn(Sc4ccc(C)cc4)c3)c21. The van der Waals surface area contributed by atoms with Crippen molar-refractivity contribution >= 4 is 40.0 Å². The third kappa shape index (κ3) is 3.64. The molecule has 5 rings (SSSR count). The number of carbonyl (C=O) groups is 1. The normalized spacial score (nSPS) is 11.4. The molecule has 3 aromatic heterocycles. The highest BCUT2D eigenvalue weighted by molar-refractivity contribution is 7.97. The average molecular weight is 458 g/mol. The Balaban J connectivity index is 1.74. The maximum atomic E-state index is 13.0. The Morgan fingerprint density at radius 1 is 1.06 bits per heavy atom. The van der Waals surface area contributed by atoms with Crippen molar-refractivity contribution in [1.82, 2.24) is 13.5 Å². The summed E-state index contributed by atoms with van der Waals surface area (Å²) in [6.45, 7) is 5.88. The summed E-state index contributed by atoms with van der Waals surface area (Å²) in [5.41, 5.74) is 5.13. The van der Waals surface area contributed by atoms with Crippen LogP contribution in [0.5, 0.6) is 0 Å². The first kappa shape index (κ1) is 21.2. The van der Waals surface area contributed by atoms with E-state index in [9.17, 15) is 9.59 Å². The molecular weight excluding hydrogens is 434 g/mol. The second-order valence-corrected chi connectivity index (χ2v) is 8.97. The fourth-order valence-corrected chi connectivity index (χ4v) is 4.92. The highest BCUT2D eigenvalue weighted by atomic mass is 32.2. The Bertz CT molecular complexity index is 1560. The van der Waals surface area contributed by atoms with E-state index in [1.807, 2.05) is 46.7 Å². The van der Waals surface area contributed by atoms with Gasteiger partial charge in [-0.25, -0.2) is 9.36 Å². The number of aromatic nitrogens is 3. The number of H-pyrrole nitrogens is 1. The van der Waals surface area contributed by atoms with Gasteiger partial charge in [-0.1, -0.05) is 35.9 Å². The van der Waals surface area contributed by atoms with Gasteiger partial charge in [-0.05, 0) is 57.0 Å². The van der Waals surface area contributed by atoms with Gasteiger partial charge in [0.05, 0.1) is 23.2 Å². The van der Waals surface area contributed by atoms with Gasteiger partial charge < -0.3 is 9.72 Å². The smallest absolute Gasteiger partial charge is 0.419 e. The van der Waals surface area contributed by atoms with Gasteiger partial charge in [0.15, 0.2) is 0 Å². The predicted molar refractivity (Wildman–Crippen MR) is 133 cm³/mol. The molecular formula is C26H23N3O3S. The van der Waals surface area contributed by atoms with Crippen LogP contribution in [0.15, 0.2) is 76.7 Å². The molecule has 166 valence electrons. The third-order valence-electron chi connectivity index (χ3n) is 5.70. The number of fused-ring (bicyclic) bond motifs is 3. The van der Waals surface area contributed by atoms with Crippen LogP contribution in [0.1, 0.15) is 18.1 Å². The molecule has 0 aliphatic carbocycles. The standard InChI is InChI=1S/C26H23N3O3S/c1-4-32-26(31)29-21-8-6-5-7-20(21)23-24(29)22(17(3)25(30)27-23)18-13-14-28(15-18)33-19-11-9-16(2)10-12-19/h5-15H,4H2,1-3H3,(H,27,30). The molecule has 0 radical (unpaired) electrons. The maximum absolute atomic E-state index is 13.0. The highest BCUT2D eigenvalue weighted by Gasteiger charge is 2.23. The summed E-state index contributed by atoms with van der Waals surface area (Å²) in [6, 6.07) is 17.8. The predicted octanol–water partition coefficient (Wildman–Crippen LogP) is 6.13. The Morgan fingerprint density at radius 2 is 1.82 bits per heavy atom. The molecule has 6 nitrogen and oxygen atoms in total. The van der Waals surface area contributed by atoms with Gasteiger partial charge in [-0.15, -0.1) is 0 Å². The molecule has 0 fully saturated rings. The van der Waals surface area contributed by atoms with Crippen LogP contribution in [0.4, 0.5) is 4.79 Å². The number of nitrogens with one attached hydrogen (secondary N) is 1. The summed E-state index contributed by atoms with van der Waals surface area (Å²) in [6.07, 6.45) is 3.48. The van der Waals surface area contributed by atoms with Gasteiger partial charge in [0.25, 0.3) is 5.56 Å². The number of aryl methyl sites for hydroxylation is 1. The Labute approximate surface area is 194 Å². The molecule has 0 aliphatic heterocycles. The molecule has 0 aliphatic rings. The molecule has 0 atom stereocenters. The summed E-state index contributed by atoms with van der Waals surface area (Å²) >= 11 is 1.58. The van der Waals surface area contributed by atoms with E-state index in [0.717, 1.165) is 21.4 Å². The van der Waals surface area contributed by atoms with Crippen molar-refractivity contribution in [2.75, 3.05) is 6.61 Å². The monoisotopic (exact) mass is 457 g/mol. The van der Waals surface area contributed by atoms with Crippen LogP contribution in [0.2, 0.25) is 0 Å². The van der Waals surface area contributed by atoms with Crippen molar-refractivity contribution in [3.63, 3.8) is 0 Å². The minimum absolute atomic E-state index is 0.178. The lowest BCUT2D eigenvalue weighted by Crippen LogP contribution is -2.16. The molecule has 5 aromatic rings. The number of pyridine rings is 1. The second-order valence-electron chi connectivity index (χ2n) is 7.89. The van der Waals surface area contributed by atoms with Crippen molar-refractivity contribution < 1.29 is 9.53 Å². The number of para-hydroxylation sites is 1. The minimum atomic E-state index is -0.468. The van der Waals surface area contributed by atoms with Gasteiger partial charge >= 0.3 is 6.09 Å². The van der Waals surface area contributed by atoms with Crippen LogP contribution in [0.3, 0.4) is 0 Å². The zero-order chi connectivity index (χ0) is 23.1. The van der Waals surface area contributed by atoms with Crippen molar-refractivity contribution in [2.24, 2.45) is 0 Å². The number of carbonyl (C=O) groups excluding carboxylic acids is 1. The molecule has 7 heteroatoms. The van der Waals surface area contributed by atoms with E-state index in [1.165, 1.54) is 5.56 Å². The van der Waals surface area contributed by atoms with Crippen LogP contribution >= 0.6 is 11.9 Å². The summed E-state index contributed by atoms with van der Waals surface area (Å²) < 4.78 is 8.95. The Kier molecular flexibility index (Phi) is 5.34. The largest absolute Gasteiger partial charge is 0.449 e. The lowest BCUT2D eigenvalue weighted by atomic mass is 10.0. The minimum Gasteiger partial charge on any atom is -0.449 e. The topological polar surface area (TPSA) is 69.0 Å². The van der Waals surface area contributed by atoms with E-state index in [1.54, 1.807) is 30.4 Å². The maximum Gasteiger partial charge on any atom is 0.419 e. The molecule has 0 bridgehead atoms. The summed E-state index contributed by atoms with van der Waals surface area (Å²) in [5, 5.41) is 0.798. The lowest BCUT2D eigenvalue weighted by Gasteiger charge is -2.11. The van der Waals surface area contributed by atoms with E-state index in [0.29, 0.717) is 22.1 Å². The number of aromatic amines is 1. The van der Waals surface area contributed by atoms with Gasteiger partial charge in [0.1, 0.15) is 0 Å². The van der Waals surface area contributed by atoms with Crippen molar-refractivity contribution in [3.05, 3.63) is 88.5 Å². The van der Waals surface area contributed by atoms with E-state index in [2.05, 4.69) is 36.2 Å². The number of hydrogen-bond acceptors (Lipinski definition) is 4. The molecule has 3 heterocycles. The first-order valence-corrected chi connectivity index (χ1v) is 11.5. The molecule has 0 amide bonds. The lowest BCUT2D eigenvalue weighted by molar-refractivity contribution is 0.156. The van der Waals surface area contributed by atoms with Gasteiger partial charge in [0.2, 0.25) is 0 Å². The van der Waals surface area contributed by atoms with Crippen LogP contribution in [-0.2, 0) is 4.74 Å². The van der Waals surface area contributed by atoms with E-state index in [-0.39, 0.29) is 12.2 Å². The van der Waals surface area contributed by atoms with Gasteiger partial charge in [-0.2, -0.15) is 0 Å². The van der Waals surface area contributed by atoms with E-state index < -0.39 is 6.09 Å². The molecule has 2 aromatic carbocycles. The molecule has 0 saturated heterocycles. The first-order chi connectivity index (χ1) is 16.0. The quantitative estimate of drug-likeness (QED) is 0.353. The molecule has 33 heavy (non-hydrogen) atoms. The van der Waals surface area contributed by atoms with Gasteiger partial charge in [0, 0.05) is 39.4 Å². The summed E-state index contributed by atoms with van der Waals surface area (Å²) in [7, 11) is 0. The van der Waals surface area contributed by atoms with Crippen molar-refractivity contribution in [2.45, 2.75) is 25.7 Å². The Morgan fingerprint density at radius 3 is 2.58 bits per heavy atom. The van der Waals surface area contributed by atoms with E-state index >= 15 is 0 Å². The number of ether oxygens (including phenoxy) is 1. The zero-order valence-electron chi connectivity index (χ0n) is 18.6. The fraction of sp³-hybridized carbons (Fsp3) is 0.154. The summed E-state index contributed by atoms with van der Waals surface area (Å²) in [5.74, 6) is 0. The van der Waals surface area contributed by atoms with Crippen LogP contribution in [-0.4, -0.2) is 26.2 Å². The van der Waals surface area contributed by atoms with Crippen LogP contribution in [0.25, 0.3) is 33.1 Å². The molecule has 1 N–H and O–H groups in total. The second kappa shape index (κ2) is 8.33. The first-order valence-electron chi connectivity index (χ1n) is 10.7. The fourth-order valence-electron chi connectivity index (χ4n) is 4.13. The third-order valence-corrected chi connectivity index (χ3v) is 6.62. The summed E-state index contributed by atoms with van der Waals surface area (Å²) in [4.78, 5) is 30.0. The van der Waals surface area contributed by atoms with Gasteiger partial charge in [-0.3, -0.25) is 8.77 Å². The molecule has 0 unspecified atom stereocenters. The number of nitrogens with zero attached hydrogens (tertiary/aromatic N) is 2. The van der Waals surface area contributed by atoms with Crippen molar-refractivity contribution in [3.8, 4) is 11.1 Å². The number of hydrogen-bond donors (Lipinski definition) is 1.